The lowest BCUT2D eigenvalue weighted by Gasteiger charge is -2.40. The first-order chi connectivity index (χ1) is 16.7. The first kappa shape index (κ1) is 22.6. The molecule has 2 saturated heterocycles. The van der Waals surface area contributed by atoms with Gasteiger partial charge in [-0.2, -0.15) is 4.98 Å². The molecule has 0 radical (unpaired) electrons. The summed E-state index contributed by atoms with van der Waals surface area (Å²) < 4.78 is 5.45. The molecule has 178 valence electrons. The maximum absolute atomic E-state index is 11.7. The quantitative estimate of drug-likeness (QED) is 0.607. The maximum atomic E-state index is 11.7. The van der Waals surface area contributed by atoms with E-state index in [4.69, 9.17) is 9.72 Å². The summed E-state index contributed by atoms with van der Waals surface area (Å²) in [5.74, 6) is 2.13. The highest BCUT2D eigenvalue weighted by Crippen LogP contribution is 2.27. The fourth-order valence-electron chi connectivity index (χ4n) is 4.70. The zero-order chi connectivity index (χ0) is 23.3. The third kappa shape index (κ3) is 5.29. The van der Waals surface area contributed by atoms with Crippen LogP contribution >= 0.6 is 0 Å². The number of carbonyl (C=O) groups excluding carboxylic acids is 1. The van der Waals surface area contributed by atoms with Crippen LogP contribution in [0.15, 0.2) is 49.2 Å². The van der Waals surface area contributed by atoms with Gasteiger partial charge in [-0.15, -0.1) is 0 Å². The molecule has 2 fully saturated rings. The van der Waals surface area contributed by atoms with E-state index in [0.717, 1.165) is 82.5 Å². The van der Waals surface area contributed by atoms with E-state index in [1.165, 1.54) is 11.6 Å². The number of carbonyl (C=O) groups is 1. The highest BCUT2D eigenvalue weighted by Gasteiger charge is 2.29. The molecule has 8 heteroatoms. The topological polar surface area (TPSA) is 73.8 Å². The molecule has 8 nitrogen and oxygen atoms in total. The van der Waals surface area contributed by atoms with Crippen LogP contribution in [0.5, 0.6) is 0 Å². The Labute approximate surface area is 200 Å². The molecule has 3 aliphatic heterocycles. The molecule has 1 aromatic carbocycles. The number of nitrogens with one attached hydrogen (secondary N) is 1. The molecular formula is C26H32N6O2. The van der Waals surface area contributed by atoms with Crippen molar-refractivity contribution < 1.29 is 9.53 Å². The van der Waals surface area contributed by atoms with Crippen molar-refractivity contribution in [1.29, 1.82) is 0 Å². The van der Waals surface area contributed by atoms with E-state index >= 15 is 0 Å². The van der Waals surface area contributed by atoms with E-state index in [-0.39, 0.29) is 5.91 Å². The molecule has 0 atom stereocenters. The Balaban J connectivity index is 1.21. The molecule has 0 aliphatic carbocycles. The van der Waals surface area contributed by atoms with Crippen molar-refractivity contribution in [1.82, 2.24) is 19.8 Å². The molecule has 5 rings (SSSR count). The van der Waals surface area contributed by atoms with Gasteiger partial charge in [0, 0.05) is 63.3 Å². The van der Waals surface area contributed by atoms with Crippen molar-refractivity contribution in [3.05, 3.63) is 60.3 Å². The van der Waals surface area contributed by atoms with Gasteiger partial charge in [0.15, 0.2) is 0 Å². The van der Waals surface area contributed by atoms with Gasteiger partial charge >= 0.3 is 0 Å². The van der Waals surface area contributed by atoms with Crippen LogP contribution < -0.4 is 10.2 Å². The number of amides is 1. The zero-order valence-electron chi connectivity index (χ0n) is 19.5. The first-order valence-corrected chi connectivity index (χ1v) is 12.0. The van der Waals surface area contributed by atoms with Gasteiger partial charge in [0.25, 0.3) is 0 Å². The Morgan fingerprint density at radius 3 is 2.94 bits per heavy atom. The lowest BCUT2D eigenvalue weighted by atomic mass is 9.95. The van der Waals surface area contributed by atoms with Crippen LogP contribution in [0.4, 0.5) is 17.5 Å². The smallest absolute Gasteiger partial charge is 0.245 e. The van der Waals surface area contributed by atoms with Gasteiger partial charge in [0.05, 0.1) is 13.2 Å². The van der Waals surface area contributed by atoms with Crippen molar-refractivity contribution >= 4 is 29.4 Å². The van der Waals surface area contributed by atoms with E-state index in [9.17, 15) is 4.79 Å². The van der Waals surface area contributed by atoms with Crippen LogP contribution in [0.25, 0.3) is 6.08 Å². The summed E-state index contributed by atoms with van der Waals surface area (Å²) in [5.41, 5.74) is 3.29. The summed E-state index contributed by atoms with van der Waals surface area (Å²) >= 11 is 0. The summed E-state index contributed by atoms with van der Waals surface area (Å²) in [6.45, 7) is 11.4. The van der Waals surface area contributed by atoms with Crippen molar-refractivity contribution in [2.24, 2.45) is 5.92 Å². The van der Waals surface area contributed by atoms with Gasteiger partial charge < -0.3 is 19.9 Å². The largest absolute Gasteiger partial charge is 0.379 e. The first-order valence-electron chi connectivity index (χ1n) is 12.0. The molecule has 1 aromatic heterocycles. The van der Waals surface area contributed by atoms with E-state index in [1.807, 2.05) is 11.1 Å². The second-order valence-corrected chi connectivity index (χ2v) is 9.14. The maximum Gasteiger partial charge on any atom is 0.245 e. The molecule has 34 heavy (non-hydrogen) atoms. The standard InChI is InChI=1S/C26H32N6O2/c1-2-24(33)32-18-21(19-32)8-10-31-9-4-6-22-16-27-26(29-25(22)31)28-23-7-3-5-20(15-23)17-30-11-13-34-14-12-30/h2-7,15-16,21H,1,8-14,17-19H2,(H,27,28,29). The fraction of sp³-hybridized carbons (Fsp3) is 0.423. The van der Waals surface area contributed by atoms with Crippen LogP contribution in [-0.4, -0.2) is 78.2 Å². The van der Waals surface area contributed by atoms with Gasteiger partial charge in [-0.1, -0.05) is 30.9 Å². The number of rotatable bonds is 8. The molecule has 0 bridgehead atoms. The number of ether oxygens (including phenoxy) is 1. The summed E-state index contributed by atoms with van der Waals surface area (Å²) in [7, 11) is 0. The Morgan fingerprint density at radius 1 is 1.26 bits per heavy atom. The fourth-order valence-corrected chi connectivity index (χ4v) is 4.70. The number of nitrogens with zero attached hydrogens (tertiary/aromatic N) is 5. The summed E-state index contributed by atoms with van der Waals surface area (Å²) in [5, 5.41) is 3.39. The van der Waals surface area contributed by atoms with Crippen LogP contribution in [0.1, 0.15) is 17.5 Å². The van der Waals surface area contributed by atoms with Gasteiger partial charge in [-0.25, -0.2) is 4.98 Å². The van der Waals surface area contributed by atoms with E-state index in [1.54, 1.807) is 0 Å². The van der Waals surface area contributed by atoms with Crippen molar-refractivity contribution in [2.45, 2.75) is 13.0 Å². The molecule has 4 heterocycles. The molecule has 2 aromatic rings. The lowest BCUT2D eigenvalue weighted by Crippen LogP contribution is -2.50. The molecule has 0 saturated carbocycles. The predicted octanol–water partition coefficient (Wildman–Crippen LogP) is 2.92. The monoisotopic (exact) mass is 460 g/mol. The van der Waals surface area contributed by atoms with Crippen molar-refractivity contribution in [3.8, 4) is 0 Å². The minimum atomic E-state index is 0.0278. The average Bonchev–Trinajstić information content (AvgIpc) is 2.84. The van der Waals surface area contributed by atoms with Crippen LogP contribution in [0.3, 0.4) is 0 Å². The van der Waals surface area contributed by atoms with Gasteiger partial charge in [0.1, 0.15) is 5.82 Å². The normalized spacial score (nSPS) is 18.4. The SMILES string of the molecule is C=CC(=O)N1CC(CCN2CC=Cc3cnc(Nc4cccc(CN5CCOCC5)c4)nc32)C1. The average molecular weight is 461 g/mol. The van der Waals surface area contributed by atoms with Crippen molar-refractivity contribution in [2.75, 3.05) is 62.7 Å². The van der Waals surface area contributed by atoms with Gasteiger partial charge in [-0.05, 0) is 36.1 Å². The lowest BCUT2D eigenvalue weighted by molar-refractivity contribution is -0.132. The Bertz CT molecular complexity index is 1060. The number of hydrogen-bond acceptors (Lipinski definition) is 7. The summed E-state index contributed by atoms with van der Waals surface area (Å²) in [6.07, 6.45) is 8.56. The van der Waals surface area contributed by atoms with Crippen molar-refractivity contribution in [3.63, 3.8) is 0 Å². The predicted molar refractivity (Wildman–Crippen MR) is 134 cm³/mol. The summed E-state index contributed by atoms with van der Waals surface area (Å²) in [4.78, 5) is 27.6. The molecule has 1 amide bonds. The highest BCUT2D eigenvalue weighted by atomic mass is 16.5. The highest BCUT2D eigenvalue weighted by molar-refractivity contribution is 5.87. The third-order valence-corrected chi connectivity index (χ3v) is 6.66. The number of fused-ring (bicyclic) bond motifs is 1. The Hall–Kier alpha value is -3.23. The number of likely N-dealkylation sites (tertiary alicyclic amines) is 1. The minimum Gasteiger partial charge on any atom is -0.379 e. The van der Waals surface area contributed by atoms with Gasteiger partial charge in [0.2, 0.25) is 11.9 Å². The molecule has 0 unspecified atom stereocenters. The van der Waals surface area contributed by atoms with Crippen LogP contribution in [0.2, 0.25) is 0 Å². The molecular weight excluding hydrogens is 428 g/mol. The molecule has 3 aliphatic rings. The van der Waals surface area contributed by atoms with Gasteiger partial charge in [-0.3, -0.25) is 9.69 Å². The molecule has 1 N–H and O–H groups in total. The van der Waals surface area contributed by atoms with Crippen LogP contribution in [0, 0.1) is 5.92 Å². The van der Waals surface area contributed by atoms with Crippen LogP contribution in [-0.2, 0) is 16.1 Å². The third-order valence-electron chi connectivity index (χ3n) is 6.66. The Morgan fingerprint density at radius 2 is 2.12 bits per heavy atom. The van der Waals surface area contributed by atoms with E-state index < -0.39 is 0 Å². The number of benzene rings is 1. The Kier molecular flexibility index (Phi) is 6.87. The number of morpholine rings is 1. The number of anilines is 3. The van der Waals surface area contributed by atoms with E-state index in [2.05, 4.69) is 63.1 Å². The van der Waals surface area contributed by atoms with E-state index in [0.29, 0.717) is 11.9 Å². The number of aromatic nitrogens is 2. The second kappa shape index (κ2) is 10.4. The second-order valence-electron chi connectivity index (χ2n) is 9.14. The summed E-state index contributed by atoms with van der Waals surface area (Å²) in [6, 6.07) is 8.45. The number of hydrogen-bond donors (Lipinski definition) is 1. The molecule has 0 spiro atoms. The minimum absolute atomic E-state index is 0.0278. The zero-order valence-corrected chi connectivity index (χ0v) is 19.5.